The summed E-state index contributed by atoms with van der Waals surface area (Å²) in [6.07, 6.45) is 3.41. The highest BCUT2D eigenvalue weighted by Crippen LogP contribution is 2.36. The number of piperidine rings is 1. The van der Waals surface area contributed by atoms with Crippen LogP contribution in [0.3, 0.4) is 0 Å². The van der Waals surface area contributed by atoms with E-state index in [4.69, 9.17) is 14.0 Å². The summed E-state index contributed by atoms with van der Waals surface area (Å²) in [5.74, 6) is 0.597. The van der Waals surface area contributed by atoms with Crippen LogP contribution < -0.4 is 20.1 Å². The van der Waals surface area contributed by atoms with Crippen molar-refractivity contribution in [3.63, 3.8) is 0 Å². The highest BCUT2D eigenvalue weighted by molar-refractivity contribution is 6.23. The number of rotatable bonds is 11. The van der Waals surface area contributed by atoms with Crippen LogP contribution in [0.15, 0.2) is 83.5 Å². The van der Waals surface area contributed by atoms with Crippen molar-refractivity contribution < 1.29 is 33.2 Å². The Hall–Kier alpha value is -6.44. The minimum absolute atomic E-state index is 0.0340. The van der Waals surface area contributed by atoms with E-state index in [1.165, 1.54) is 0 Å². The Bertz CT molecular complexity index is 2260. The number of nitrogens with one attached hydrogen (secondary N) is 2. The number of aromatic nitrogens is 4. The molecule has 1 atom stereocenters. The van der Waals surface area contributed by atoms with Gasteiger partial charge in [0, 0.05) is 49.5 Å². The number of aryl methyl sites for hydroxylation is 1. The molecule has 54 heavy (non-hydrogen) atoms. The van der Waals surface area contributed by atoms with Crippen molar-refractivity contribution in [1.82, 2.24) is 30.3 Å². The zero-order valence-corrected chi connectivity index (χ0v) is 29.9. The Morgan fingerprint density at radius 2 is 1.57 bits per heavy atom. The number of carbonyl (C=O) groups excluding carboxylic acids is 4. The van der Waals surface area contributed by atoms with Crippen LogP contribution in [0.5, 0.6) is 11.5 Å². The Morgan fingerprint density at radius 3 is 2.26 bits per heavy atom. The molecule has 0 bridgehead atoms. The molecule has 2 aliphatic heterocycles. The lowest BCUT2D eigenvalue weighted by molar-refractivity contribution is -0.136. The number of ether oxygens (including phenoxy) is 2. The lowest BCUT2D eigenvalue weighted by Gasteiger charge is -2.36. The lowest BCUT2D eigenvalue weighted by Crippen LogP contribution is -2.54. The third kappa shape index (κ3) is 6.77. The molecular weight excluding hydrogens is 690 g/mol. The summed E-state index contributed by atoms with van der Waals surface area (Å²) in [7, 11) is 0. The zero-order valence-electron chi connectivity index (χ0n) is 29.9. The third-order valence-electron chi connectivity index (χ3n) is 10.2. The topological polar surface area (TPSA) is 179 Å². The molecule has 14 nitrogen and oxygen atoms in total. The smallest absolute Gasteiger partial charge is 0.262 e. The first-order valence-electron chi connectivity index (χ1n) is 17.8. The minimum atomic E-state index is -0.990. The van der Waals surface area contributed by atoms with E-state index in [-0.39, 0.29) is 48.1 Å². The second-order valence-corrected chi connectivity index (χ2v) is 14.2. The highest BCUT2D eigenvalue weighted by Gasteiger charge is 2.45. The van der Waals surface area contributed by atoms with Crippen molar-refractivity contribution in [3.05, 3.63) is 113 Å². The summed E-state index contributed by atoms with van der Waals surface area (Å²) in [4.78, 5) is 64.0. The first-order chi connectivity index (χ1) is 26.0. The molecule has 2 aromatic heterocycles. The second kappa shape index (κ2) is 13.8. The predicted octanol–water partition coefficient (Wildman–Crippen LogP) is 5.16. The average Bonchev–Trinajstić information content (AvgIpc) is 3.70. The number of nitrogens with zero attached hydrogens (tertiary/aromatic N) is 5. The number of hydrogen-bond donors (Lipinski definition) is 2. The number of amides is 4. The van der Waals surface area contributed by atoms with E-state index in [1.807, 2.05) is 24.3 Å². The van der Waals surface area contributed by atoms with Crippen LogP contribution in [0, 0.1) is 6.92 Å². The average molecular weight is 728 g/mol. The fraction of sp³-hybridized carbons (Fsp3) is 0.300. The fourth-order valence-corrected chi connectivity index (χ4v) is 6.98. The molecule has 4 amide bonds. The molecule has 274 valence electrons. The Morgan fingerprint density at radius 1 is 0.870 bits per heavy atom. The summed E-state index contributed by atoms with van der Waals surface area (Å²) in [5, 5.41) is 9.53. The van der Waals surface area contributed by atoms with Gasteiger partial charge in [0.2, 0.25) is 29.4 Å². The molecule has 4 heterocycles. The first kappa shape index (κ1) is 34.6. The molecule has 14 heteroatoms. The molecule has 2 fully saturated rings. The summed E-state index contributed by atoms with van der Waals surface area (Å²) in [6, 6.07) is 22.2. The van der Waals surface area contributed by atoms with Crippen molar-refractivity contribution in [2.45, 2.75) is 76.7 Å². The Balaban J connectivity index is 0.822. The molecule has 1 aliphatic carbocycles. The quantitative estimate of drug-likeness (QED) is 0.171. The minimum Gasteiger partial charge on any atom is -0.490 e. The lowest BCUT2D eigenvalue weighted by atomic mass is 9.78. The summed E-state index contributed by atoms with van der Waals surface area (Å²) in [5.41, 5.74) is 3.92. The monoisotopic (exact) mass is 727 g/mol. The van der Waals surface area contributed by atoms with Gasteiger partial charge in [0.05, 0.1) is 16.8 Å². The predicted molar refractivity (Wildman–Crippen MR) is 194 cm³/mol. The Labute approximate surface area is 310 Å². The molecule has 1 unspecified atom stereocenters. The van der Waals surface area contributed by atoms with E-state index in [0.29, 0.717) is 28.9 Å². The SMILES string of the molecule is Cc1nc(-c2nccc(COc3ccc(C(C)(C)c4ccc(O[C@H]5C[C@H](Nc6ccc7c(c6)C(=O)N(C6CCC(=O)NC6=O)C7=O)C5)cc4)cc3)n2)no1. The molecule has 2 N–H and O–H groups in total. The van der Waals surface area contributed by atoms with Crippen LogP contribution >= 0.6 is 0 Å². The van der Waals surface area contributed by atoms with Crippen LogP contribution in [0.2, 0.25) is 0 Å². The third-order valence-corrected chi connectivity index (χ3v) is 10.2. The summed E-state index contributed by atoms with van der Waals surface area (Å²) >= 11 is 0. The number of imide groups is 2. The molecule has 0 radical (unpaired) electrons. The van der Waals surface area contributed by atoms with Gasteiger partial charge in [-0.3, -0.25) is 29.4 Å². The maximum Gasteiger partial charge on any atom is 0.262 e. The molecule has 1 saturated heterocycles. The number of fused-ring (bicyclic) bond motifs is 1. The van der Waals surface area contributed by atoms with Gasteiger partial charge in [-0.25, -0.2) is 9.97 Å². The van der Waals surface area contributed by atoms with Crippen LogP contribution in [0.25, 0.3) is 11.6 Å². The summed E-state index contributed by atoms with van der Waals surface area (Å²) in [6.45, 7) is 6.33. The van der Waals surface area contributed by atoms with Crippen molar-refractivity contribution in [3.8, 4) is 23.1 Å². The highest BCUT2D eigenvalue weighted by atomic mass is 16.5. The van der Waals surface area contributed by atoms with Crippen molar-refractivity contribution >= 4 is 29.3 Å². The number of benzene rings is 3. The molecule has 5 aromatic rings. The molecular formula is C40H37N7O7. The number of anilines is 1. The normalized spacial score (nSPS) is 19.6. The van der Waals surface area contributed by atoms with Crippen LogP contribution in [-0.4, -0.2) is 66.8 Å². The van der Waals surface area contributed by atoms with E-state index in [2.05, 4.69) is 68.9 Å². The molecule has 3 aromatic carbocycles. The van der Waals surface area contributed by atoms with Gasteiger partial charge in [-0.05, 0) is 66.1 Å². The largest absolute Gasteiger partial charge is 0.490 e. The first-order valence-corrected chi connectivity index (χ1v) is 17.8. The summed E-state index contributed by atoms with van der Waals surface area (Å²) < 4.78 is 17.3. The van der Waals surface area contributed by atoms with Gasteiger partial charge in [0.25, 0.3) is 11.8 Å². The number of hydrogen-bond acceptors (Lipinski definition) is 12. The van der Waals surface area contributed by atoms with Crippen molar-refractivity contribution in [2.75, 3.05) is 5.32 Å². The maximum absolute atomic E-state index is 13.2. The van der Waals surface area contributed by atoms with Crippen LogP contribution in [0.1, 0.15) is 83.0 Å². The van der Waals surface area contributed by atoms with E-state index in [9.17, 15) is 19.2 Å². The van der Waals surface area contributed by atoms with Crippen molar-refractivity contribution in [2.24, 2.45) is 0 Å². The van der Waals surface area contributed by atoms with Gasteiger partial charge in [-0.2, -0.15) is 4.98 Å². The van der Waals surface area contributed by atoms with Crippen LogP contribution in [0.4, 0.5) is 5.69 Å². The van der Waals surface area contributed by atoms with E-state index >= 15 is 0 Å². The van der Waals surface area contributed by atoms with Gasteiger partial charge in [0.1, 0.15) is 30.3 Å². The van der Waals surface area contributed by atoms with E-state index in [0.717, 1.165) is 40.4 Å². The van der Waals surface area contributed by atoms with Gasteiger partial charge >= 0.3 is 0 Å². The van der Waals surface area contributed by atoms with Gasteiger partial charge in [-0.15, -0.1) is 0 Å². The second-order valence-electron chi connectivity index (χ2n) is 14.2. The fourth-order valence-electron chi connectivity index (χ4n) is 6.98. The zero-order chi connectivity index (χ0) is 37.6. The molecule has 8 rings (SSSR count). The standard InChI is InChI=1S/C40H37N7O7/c1-22-42-36(46-54-22)35-41-17-16-26(44-35)21-52-28-9-4-23(5-10-28)40(2,3)24-6-11-29(12-7-24)53-30-18-27(19-30)43-25-8-13-31-32(20-25)39(51)47(38(31)50)33-14-15-34(48)45-37(33)49/h4-13,16-17,20,27,30,33,43H,14-15,18-19,21H2,1-3H3,(H,45,48,49)/t27-,30-,33?. The van der Waals surface area contributed by atoms with Gasteiger partial charge < -0.3 is 19.3 Å². The molecule has 1 saturated carbocycles. The molecule has 3 aliphatic rings. The van der Waals surface area contributed by atoms with Crippen molar-refractivity contribution in [1.29, 1.82) is 0 Å². The Kier molecular flexibility index (Phi) is 8.88. The maximum atomic E-state index is 13.2. The van der Waals surface area contributed by atoms with Gasteiger partial charge in [0.15, 0.2) is 0 Å². The van der Waals surface area contributed by atoms with Crippen LogP contribution in [-0.2, 0) is 21.6 Å². The van der Waals surface area contributed by atoms with E-state index in [1.54, 1.807) is 37.4 Å². The molecule has 0 spiro atoms. The van der Waals surface area contributed by atoms with E-state index < -0.39 is 29.7 Å². The number of carbonyl (C=O) groups is 4. The van der Waals surface area contributed by atoms with Gasteiger partial charge in [-0.1, -0.05) is 43.3 Å².